The van der Waals surface area contributed by atoms with Gasteiger partial charge in [-0.05, 0) is 69.7 Å². The van der Waals surface area contributed by atoms with Crippen LogP contribution in [0.25, 0.3) is 5.76 Å². The summed E-state index contributed by atoms with van der Waals surface area (Å²) in [6, 6.07) is 14.2. The van der Waals surface area contributed by atoms with E-state index in [-0.39, 0.29) is 11.3 Å². The Kier molecular flexibility index (Phi) is 8.28. The minimum absolute atomic E-state index is 0.134. The van der Waals surface area contributed by atoms with Crippen molar-refractivity contribution in [1.29, 1.82) is 0 Å². The SMILES string of the molecule is CCCCOc1ccc(/C(O)=C2\C(=O)C(=O)N(CCCN(C)C)[C@H]2c2ccccc2)cc1C. The summed E-state index contributed by atoms with van der Waals surface area (Å²) in [6.45, 7) is 5.88. The molecule has 0 spiro atoms. The van der Waals surface area contributed by atoms with Crippen LogP contribution in [0.1, 0.15) is 48.9 Å². The van der Waals surface area contributed by atoms with Crippen LogP contribution >= 0.6 is 0 Å². The first-order valence-electron chi connectivity index (χ1n) is 11.6. The Morgan fingerprint density at radius 2 is 1.82 bits per heavy atom. The lowest BCUT2D eigenvalue weighted by Gasteiger charge is -2.26. The molecule has 0 radical (unpaired) electrons. The van der Waals surface area contributed by atoms with Crippen LogP contribution in [-0.2, 0) is 9.59 Å². The van der Waals surface area contributed by atoms with Gasteiger partial charge in [-0.2, -0.15) is 0 Å². The predicted octanol–water partition coefficient (Wildman–Crippen LogP) is 4.55. The number of nitrogens with zero attached hydrogens (tertiary/aromatic N) is 2. The van der Waals surface area contributed by atoms with Crippen molar-refractivity contribution in [3.63, 3.8) is 0 Å². The number of aryl methyl sites for hydroxylation is 1. The summed E-state index contributed by atoms with van der Waals surface area (Å²) in [4.78, 5) is 29.7. The number of rotatable bonds is 10. The van der Waals surface area contributed by atoms with Gasteiger partial charge in [0.25, 0.3) is 11.7 Å². The topological polar surface area (TPSA) is 70.1 Å². The Labute approximate surface area is 196 Å². The van der Waals surface area contributed by atoms with Crippen molar-refractivity contribution < 1.29 is 19.4 Å². The van der Waals surface area contributed by atoms with E-state index >= 15 is 0 Å². The van der Waals surface area contributed by atoms with Gasteiger partial charge in [0.2, 0.25) is 0 Å². The zero-order valence-corrected chi connectivity index (χ0v) is 20.0. The van der Waals surface area contributed by atoms with Gasteiger partial charge in [-0.15, -0.1) is 0 Å². The highest BCUT2D eigenvalue weighted by atomic mass is 16.5. The minimum Gasteiger partial charge on any atom is -0.507 e. The van der Waals surface area contributed by atoms with Gasteiger partial charge in [0.15, 0.2) is 0 Å². The molecule has 2 aromatic carbocycles. The van der Waals surface area contributed by atoms with Gasteiger partial charge < -0.3 is 19.6 Å². The number of unbranched alkanes of at least 4 members (excludes halogenated alkanes) is 1. The quantitative estimate of drug-likeness (QED) is 0.249. The lowest BCUT2D eigenvalue weighted by atomic mass is 9.95. The van der Waals surface area contributed by atoms with Crippen molar-refractivity contribution in [2.24, 2.45) is 0 Å². The fourth-order valence-corrected chi connectivity index (χ4v) is 4.09. The maximum absolute atomic E-state index is 13.1. The molecule has 1 aliphatic heterocycles. The Hall–Kier alpha value is -3.12. The molecular weight excluding hydrogens is 416 g/mol. The van der Waals surface area contributed by atoms with Gasteiger partial charge in [-0.25, -0.2) is 0 Å². The van der Waals surface area contributed by atoms with Gasteiger partial charge in [-0.3, -0.25) is 9.59 Å². The first kappa shape index (κ1) is 24.5. The fourth-order valence-electron chi connectivity index (χ4n) is 4.09. The summed E-state index contributed by atoms with van der Waals surface area (Å²) in [7, 11) is 3.95. The molecule has 1 saturated heterocycles. The van der Waals surface area contributed by atoms with Crippen LogP contribution in [-0.4, -0.2) is 60.4 Å². The van der Waals surface area contributed by atoms with Crippen LogP contribution in [0, 0.1) is 6.92 Å². The van der Waals surface area contributed by atoms with E-state index in [4.69, 9.17) is 4.74 Å². The van der Waals surface area contributed by atoms with Crippen molar-refractivity contribution >= 4 is 17.4 Å². The number of carbonyl (C=O) groups is 2. The van der Waals surface area contributed by atoms with Crippen LogP contribution < -0.4 is 4.74 Å². The molecular formula is C27H34N2O4. The number of ketones is 1. The molecule has 6 heteroatoms. The molecule has 1 N–H and O–H groups in total. The zero-order valence-electron chi connectivity index (χ0n) is 20.0. The summed E-state index contributed by atoms with van der Waals surface area (Å²) in [5, 5.41) is 11.2. The van der Waals surface area contributed by atoms with Crippen LogP contribution in [0.3, 0.4) is 0 Å². The van der Waals surface area contributed by atoms with Crippen LogP contribution in [0.5, 0.6) is 5.75 Å². The summed E-state index contributed by atoms with van der Waals surface area (Å²) >= 11 is 0. The number of ether oxygens (including phenoxy) is 1. The standard InChI is InChI=1S/C27H34N2O4/c1-5-6-17-33-22-14-13-21(18-19(22)2)25(30)23-24(20-11-8-7-9-12-20)29(27(32)26(23)31)16-10-15-28(3)4/h7-9,11-14,18,24,30H,5-6,10,15-17H2,1-4H3/b25-23+/t24-/m0/s1. The Balaban J connectivity index is 1.99. The van der Waals surface area contributed by atoms with Crippen LogP contribution in [0.4, 0.5) is 0 Å². The predicted molar refractivity (Wildman–Crippen MR) is 130 cm³/mol. The van der Waals surface area contributed by atoms with E-state index in [2.05, 4.69) is 6.92 Å². The molecule has 6 nitrogen and oxygen atoms in total. The Morgan fingerprint density at radius 1 is 1.09 bits per heavy atom. The molecule has 0 bridgehead atoms. The molecule has 176 valence electrons. The van der Waals surface area contributed by atoms with Gasteiger partial charge in [0.1, 0.15) is 11.5 Å². The highest BCUT2D eigenvalue weighted by Gasteiger charge is 2.45. The summed E-state index contributed by atoms with van der Waals surface area (Å²) in [5.41, 5.74) is 2.31. The summed E-state index contributed by atoms with van der Waals surface area (Å²) in [6.07, 6.45) is 2.74. The van der Waals surface area contributed by atoms with Crippen molar-refractivity contribution in [1.82, 2.24) is 9.80 Å². The molecule has 3 rings (SSSR count). The molecule has 0 aromatic heterocycles. The monoisotopic (exact) mass is 450 g/mol. The van der Waals surface area contributed by atoms with E-state index in [1.54, 1.807) is 17.0 Å². The van der Waals surface area contributed by atoms with Gasteiger partial charge in [0.05, 0.1) is 18.2 Å². The number of likely N-dealkylation sites (tertiary alicyclic amines) is 1. The highest BCUT2D eigenvalue weighted by Crippen LogP contribution is 2.39. The van der Waals surface area contributed by atoms with Crippen molar-refractivity contribution in [2.45, 2.75) is 39.2 Å². The van der Waals surface area contributed by atoms with E-state index in [1.165, 1.54) is 0 Å². The first-order valence-corrected chi connectivity index (χ1v) is 11.6. The second kappa shape index (κ2) is 11.1. The number of carbonyl (C=O) groups excluding carboxylic acids is 2. The molecule has 1 fully saturated rings. The molecule has 33 heavy (non-hydrogen) atoms. The second-order valence-electron chi connectivity index (χ2n) is 8.74. The lowest BCUT2D eigenvalue weighted by molar-refractivity contribution is -0.139. The second-order valence-corrected chi connectivity index (χ2v) is 8.74. The molecule has 0 unspecified atom stereocenters. The minimum atomic E-state index is -0.646. The Bertz CT molecular complexity index is 1010. The average Bonchev–Trinajstić information content (AvgIpc) is 3.05. The number of hydrogen-bond donors (Lipinski definition) is 1. The third kappa shape index (κ3) is 5.63. The summed E-state index contributed by atoms with van der Waals surface area (Å²) in [5.74, 6) is -0.614. The third-order valence-electron chi connectivity index (χ3n) is 5.86. The molecule has 2 aromatic rings. The maximum atomic E-state index is 13.1. The smallest absolute Gasteiger partial charge is 0.295 e. The number of Topliss-reactive ketones (excluding diaryl/α,β-unsaturated/α-hetero) is 1. The van der Waals surface area contributed by atoms with Gasteiger partial charge in [0, 0.05) is 12.1 Å². The number of hydrogen-bond acceptors (Lipinski definition) is 5. The third-order valence-corrected chi connectivity index (χ3v) is 5.86. The average molecular weight is 451 g/mol. The van der Waals surface area contributed by atoms with E-state index in [0.717, 1.165) is 42.7 Å². The lowest BCUT2D eigenvalue weighted by Crippen LogP contribution is -2.32. The molecule has 1 atom stereocenters. The molecule has 1 heterocycles. The molecule has 0 aliphatic carbocycles. The van der Waals surface area contributed by atoms with E-state index in [1.807, 2.05) is 62.3 Å². The largest absolute Gasteiger partial charge is 0.507 e. The maximum Gasteiger partial charge on any atom is 0.295 e. The highest BCUT2D eigenvalue weighted by molar-refractivity contribution is 6.46. The fraction of sp³-hybridized carbons (Fsp3) is 0.407. The first-order chi connectivity index (χ1) is 15.8. The normalized spacial score (nSPS) is 17.7. The van der Waals surface area contributed by atoms with E-state index < -0.39 is 17.7 Å². The van der Waals surface area contributed by atoms with Crippen LogP contribution in [0.2, 0.25) is 0 Å². The number of aliphatic hydroxyl groups is 1. The molecule has 0 saturated carbocycles. The van der Waals surface area contributed by atoms with E-state index in [0.29, 0.717) is 18.7 Å². The number of aliphatic hydroxyl groups excluding tert-OH is 1. The Morgan fingerprint density at radius 3 is 2.45 bits per heavy atom. The molecule has 1 amide bonds. The number of benzene rings is 2. The van der Waals surface area contributed by atoms with Crippen molar-refractivity contribution in [3.05, 3.63) is 70.8 Å². The van der Waals surface area contributed by atoms with Gasteiger partial charge >= 0.3 is 0 Å². The van der Waals surface area contributed by atoms with Crippen molar-refractivity contribution in [2.75, 3.05) is 33.8 Å². The van der Waals surface area contributed by atoms with Crippen LogP contribution in [0.15, 0.2) is 54.1 Å². The zero-order chi connectivity index (χ0) is 24.0. The molecule has 1 aliphatic rings. The van der Waals surface area contributed by atoms with Crippen molar-refractivity contribution in [3.8, 4) is 5.75 Å². The number of amides is 1. The van der Waals surface area contributed by atoms with E-state index in [9.17, 15) is 14.7 Å². The van der Waals surface area contributed by atoms with Gasteiger partial charge in [-0.1, -0.05) is 43.7 Å². The summed E-state index contributed by atoms with van der Waals surface area (Å²) < 4.78 is 5.82.